The predicted molar refractivity (Wildman–Crippen MR) is 131 cm³/mol. The van der Waals surface area contributed by atoms with E-state index in [4.69, 9.17) is 16.6 Å². The molecule has 3 heterocycles. The zero-order chi connectivity index (χ0) is 21.2. The van der Waals surface area contributed by atoms with Crippen LogP contribution in [0.25, 0.3) is 21.3 Å². The van der Waals surface area contributed by atoms with Gasteiger partial charge in [0.25, 0.3) is 0 Å². The van der Waals surface area contributed by atoms with Gasteiger partial charge in [-0.05, 0) is 34.7 Å². The quantitative estimate of drug-likeness (QED) is 0.356. The highest BCUT2D eigenvalue weighted by Gasteiger charge is 2.23. The Morgan fingerprint density at radius 3 is 2.35 bits per heavy atom. The van der Waals surface area contributed by atoms with Crippen molar-refractivity contribution in [1.29, 1.82) is 0 Å². The van der Waals surface area contributed by atoms with Gasteiger partial charge in [0.15, 0.2) is 0 Å². The van der Waals surface area contributed by atoms with Crippen molar-refractivity contribution in [2.75, 3.05) is 31.1 Å². The first-order valence-electron chi connectivity index (χ1n) is 10.8. The van der Waals surface area contributed by atoms with Gasteiger partial charge in [0, 0.05) is 43.7 Å². The Morgan fingerprint density at radius 1 is 0.903 bits per heavy atom. The molecule has 31 heavy (non-hydrogen) atoms. The van der Waals surface area contributed by atoms with E-state index in [1.54, 1.807) is 11.3 Å². The SMILES string of the molecule is CCc1ccc(-c2csc3nc(Cl)nc(N4CCN(Cc5ccccc5)CC4)c23)cc1. The molecule has 1 aliphatic rings. The molecule has 0 radical (unpaired) electrons. The third-order valence-corrected chi connectivity index (χ3v) is 7.02. The van der Waals surface area contributed by atoms with E-state index in [2.05, 4.69) is 81.7 Å². The molecule has 1 aliphatic heterocycles. The van der Waals surface area contributed by atoms with Gasteiger partial charge < -0.3 is 4.90 Å². The number of fused-ring (bicyclic) bond motifs is 1. The minimum atomic E-state index is 0.323. The van der Waals surface area contributed by atoms with E-state index in [9.17, 15) is 0 Å². The number of piperazine rings is 1. The van der Waals surface area contributed by atoms with Crippen molar-refractivity contribution in [1.82, 2.24) is 14.9 Å². The summed E-state index contributed by atoms with van der Waals surface area (Å²) in [7, 11) is 0. The number of anilines is 1. The monoisotopic (exact) mass is 448 g/mol. The maximum Gasteiger partial charge on any atom is 0.225 e. The molecule has 0 saturated carbocycles. The summed E-state index contributed by atoms with van der Waals surface area (Å²) in [6.45, 7) is 7.03. The zero-order valence-electron chi connectivity index (χ0n) is 17.6. The molecular formula is C25H25ClN4S. The van der Waals surface area contributed by atoms with Gasteiger partial charge in [0.2, 0.25) is 5.28 Å². The molecule has 2 aromatic carbocycles. The fourth-order valence-electron chi connectivity index (χ4n) is 4.22. The van der Waals surface area contributed by atoms with E-state index < -0.39 is 0 Å². The lowest BCUT2D eigenvalue weighted by Gasteiger charge is -2.35. The van der Waals surface area contributed by atoms with Crippen LogP contribution in [0.4, 0.5) is 5.82 Å². The molecule has 0 atom stereocenters. The number of nitrogens with zero attached hydrogens (tertiary/aromatic N) is 4. The Morgan fingerprint density at radius 2 is 1.65 bits per heavy atom. The van der Waals surface area contributed by atoms with Crippen LogP contribution in [0.1, 0.15) is 18.1 Å². The van der Waals surface area contributed by atoms with Crippen LogP contribution in [0, 0.1) is 0 Å². The van der Waals surface area contributed by atoms with E-state index in [1.165, 1.54) is 22.3 Å². The highest BCUT2D eigenvalue weighted by atomic mass is 35.5. The molecule has 0 unspecified atom stereocenters. The molecule has 1 saturated heterocycles. The fourth-order valence-corrected chi connectivity index (χ4v) is 5.38. The highest BCUT2D eigenvalue weighted by Crippen LogP contribution is 2.39. The van der Waals surface area contributed by atoms with E-state index in [0.29, 0.717) is 5.28 Å². The standard InChI is InChI=1S/C25H25ClN4S/c1-2-18-8-10-20(11-9-18)21-17-31-24-22(21)23(27-25(26)28-24)30-14-12-29(13-15-30)16-19-6-4-3-5-7-19/h3-11,17H,2,12-16H2,1H3. The zero-order valence-corrected chi connectivity index (χ0v) is 19.2. The van der Waals surface area contributed by atoms with Crippen LogP contribution in [0.15, 0.2) is 60.0 Å². The van der Waals surface area contributed by atoms with E-state index in [0.717, 1.165) is 55.2 Å². The molecule has 5 rings (SSSR count). The first kappa shape index (κ1) is 20.4. The van der Waals surface area contributed by atoms with Gasteiger partial charge in [-0.25, -0.2) is 4.98 Å². The number of rotatable bonds is 5. The van der Waals surface area contributed by atoms with Crippen LogP contribution in [0.2, 0.25) is 5.28 Å². The Labute approximate surface area is 192 Å². The Hall–Kier alpha value is -2.47. The number of aryl methyl sites for hydroxylation is 1. The van der Waals surface area contributed by atoms with Crippen LogP contribution in [0.3, 0.4) is 0 Å². The summed E-state index contributed by atoms with van der Waals surface area (Å²) >= 11 is 7.96. The van der Waals surface area contributed by atoms with E-state index in [1.807, 2.05) is 0 Å². The first-order chi connectivity index (χ1) is 15.2. The van der Waals surface area contributed by atoms with Crippen molar-refractivity contribution in [3.8, 4) is 11.1 Å². The largest absolute Gasteiger partial charge is 0.353 e. The molecule has 4 aromatic rings. The van der Waals surface area contributed by atoms with Crippen molar-refractivity contribution in [2.24, 2.45) is 0 Å². The van der Waals surface area contributed by atoms with Gasteiger partial charge >= 0.3 is 0 Å². The smallest absolute Gasteiger partial charge is 0.225 e. The Balaban J connectivity index is 1.42. The summed E-state index contributed by atoms with van der Waals surface area (Å²) in [6, 6.07) is 19.5. The normalized spacial score (nSPS) is 15.0. The van der Waals surface area contributed by atoms with Crippen molar-refractivity contribution >= 4 is 39.0 Å². The average Bonchev–Trinajstić information content (AvgIpc) is 3.23. The number of halogens is 1. The average molecular weight is 449 g/mol. The molecule has 6 heteroatoms. The van der Waals surface area contributed by atoms with Gasteiger partial charge in [-0.3, -0.25) is 4.90 Å². The summed E-state index contributed by atoms with van der Waals surface area (Å²) in [5.41, 5.74) is 5.11. The molecule has 0 aliphatic carbocycles. The number of hydrogen-bond donors (Lipinski definition) is 0. The lowest BCUT2D eigenvalue weighted by Crippen LogP contribution is -2.46. The van der Waals surface area contributed by atoms with Gasteiger partial charge in [0.1, 0.15) is 10.6 Å². The number of hydrogen-bond acceptors (Lipinski definition) is 5. The number of thiophene rings is 1. The second-order valence-corrected chi connectivity index (χ2v) is 9.14. The first-order valence-corrected chi connectivity index (χ1v) is 12.0. The van der Waals surface area contributed by atoms with Crippen LogP contribution in [0.5, 0.6) is 0 Å². The lowest BCUT2D eigenvalue weighted by molar-refractivity contribution is 0.249. The van der Waals surface area contributed by atoms with E-state index in [-0.39, 0.29) is 0 Å². The second-order valence-electron chi connectivity index (χ2n) is 7.95. The minimum Gasteiger partial charge on any atom is -0.353 e. The van der Waals surface area contributed by atoms with Crippen LogP contribution >= 0.6 is 22.9 Å². The minimum absolute atomic E-state index is 0.323. The van der Waals surface area contributed by atoms with Gasteiger partial charge in [-0.15, -0.1) is 11.3 Å². The third-order valence-electron chi connectivity index (χ3n) is 5.98. The third kappa shape index (κ3) is 4.31. The molecule has 0 amide bonds. The summed E-state index contributed by atoms with van der Waals surface area (Å²) < 4.78 is 0. The topological polar surface area (TPSA) is 32.3 Å². The molecular weight excluding hydrogens is 424 g/mol. The molecule has 0 N–H and O–H groups in total. The molecule has 0 bridgehead atoms. The van der Waals surface area contributed by atoms with Gasteiger partial charge in [-0.1, -0.05) is 61.5 Å². The van der Waals surface area contributed by atoms with Crippen LogP contribution in [-0.4, -0.2) is 41.0 Å². The maximum atomic E-state index is 6.32. The van der Waals surface area contributed by atoms with Crippen LogP contribution in [-0.2, 0) is 13.0 Å². The maximum absolute atomic E-state index is 6.32. The number of benzene rings is 2. The fraction of sp³-hybridized carbons (Fsp3) is 0.280. The predicted octanol–water partition coefficient (Wildman–Crippen LogP) is 5.90. The highest BCUT2D eigenvalue weighted by molar-refractivity contribution is 7.17. The van der Waals surface area contributed by atoms with Gasteiger partial charge in [0.05, 0.1) is 5.39 Å². The second kappa shape index (κ2) is 8.95. The summed E-state index contributed by atoms with van der Waals surface area (Å²) in [4.78, 5) is 15.0. The Kier molecular flexibility index (Phi) is 5.90. The lowest BCUT2D eigenvalue weighted by atomic mass is 10.0. The van der Waals surface area contributed by atoms with Crippen LogP contribution < -0.4 is 4.90 Å². The number of aromatic nitrogens is 2. The summed E-state index contributed by atoms with van der Waals surface area (Å²) in [5.74, 6) is 0.963. The van der Waals surface area contributed by atoms with E-state index >= 15 is 0 Å². The van der Waals surface area contributed by atoms with Gasteiger partial charge in [-0.2, -0.15) is 4.98 Å². The molecule has 158 valence electrons. The molecule has 4 nitrogen and oxygen atoms in total. The molecule has 1 fully saturated rings. The Bertz CT molecular complexity index is 1170. The summed E-state index contributed by atoms with van der Waals surface area (Å²) in [6.07, 6.45) is 1.04. The van der Waals surface area contributed by atoms with Crippen molar-refractivity contribution in [2.45, 2.75) is 19.9 Å². The molecule has 2 aromatic heterocycles. The van der Waals surface area contributed by atoms with Crippen molar-refractivity contribution < 1.29 is 0 Å². The van der Waals surface area contributed by atoms with Crippen molar-refractivity contribution in [3.63, 3.8) is 0 Å². The molecule has 0 spiro atoms. The van der Waals surface area contributed by atoms with Crippen molar-refractivity contribution in [3.05, 3.63) is 76.4 Å². The summed E-state index contributed by atoms with van der Waals surface area (Å²) in [5, 5.41) is 3.63.